The van der Waals surface area contributed by atoms with Crippen LogP contribution in [0, 0.1) is 0 Å². The van der Waals surface area contributed by atoms with Gasteiger partial charge in [-0.1, -0.05) is 18.2 Å². The summed E-state index contributed by atoms with van der Waals surface area (Å²) in [5.41, 5.74) is 2.19. The van der Waals surface area contributed by atoms with Gasteiger partial charge < -0.3 is 10.1 Å². The summed E-state index contributed by atoms with van der Waals surface area (Å²) in [6.07, 6.45) is 3.47. The quantitative estimate of drug-likeness (QED) is 0.854. The Morgan fingerprint density at radius 1 is 1.24 bits per heavy atom. The number of aromatic nitrogens is 1. The normalized spacial score (nSPS) is 10.1. The molecule has 0 bridgehead atoms. The summed E-state index contributed by atoms with van der Waals surface area (Å²) in [7, 11) is 1.65. The van der Waals surface area contributed by atoms with Crippen molar-refractivity contribution in [2.75, 3.05) is 12.9 Å². The average molecular weight is 302 g/mol. The molecule has 0 aliphatic heterocycles. The zero-order chi connectivity index (χ0) is 14.9. The van der Waals surface area contributed by atoms with Crippen LogP contribution in [0.2, 0.25) is 0 Å². The number of nitrogens with one attached hydrogen (secondary N) is 1. The highest BCUT2D eigenvalue weighted by molar-refractivity contribution is 7.99. The third-order valence-corrected chi connectivity index (χ3v) is 3.88. The predicted octanol–water partition coefficient (Wildman–Crippen LogP) is 2.64. The lowest BCUT2D eigenvalue weighted by atomic mass is 10.2. The zero-order valence-electron chi connectivity index (χ0n) is 11.9. The second kappa shape index (κ2) is 8.32. The molecule has 4 nitrogen and oxygen atoms in total. The number of methoxy groups -OCH3 is 1. The van der Waals surface area contributed by atoms with Crippen molar-refractivity contribution in [1.29, 1.82) is 0 Å². The molecule has 110 valence electrons. The summed E-state index contributed by atoms with van der Waals surface area (Å²) >= 11 is 1.59. The molecule has 0 aliphatic carbocycles. The molecule has 2 rings (SSSR count). The first-order chi connectivity index (χ1) is 10.3. The molecule has 21 heavy (non-hydrogen) atoms. The van der Waals surface area contributed by atoms with Gasteiger partial charge in [-0.25, -0.2) is 0 Å². The fourth-order valence-corrected chi connectivity index (χ4v) is 2.56. The van der Waals surface area contributed by atoms with Gasteiger partial charge in [-0.15, -0.1) is 11.8 Å². The predicted molar refractivity (Wildman–Crippen MR) is 85.2 cm³/mol. The molecule has 1 N–H and O–H groups in total. The second-order valence-corrected chi connectivity index (χ2v) is 5.46. The molecule has 0 spiro atoms. The van der Waals surface area contributed by atoms with E-state index in [4.69, 9.17) is 4.74 Å². The molecular formula is C16H18N2O2S. The van der Waals surface area contributed by atoms with E-state index in [9.17, 15) is 4.79 Å². The van der Waals surface area contributed by atoms with E-state index in [0.717, 1.165) is 17.1 Å². The van der Waals surface area contributed by atoms with Crippen LogP contribution in [0.3, 0.4) is 0 Å². The first-order valence-corrected chi connectivity index (χ1v) is 7.79. The minimum atomic E-state index is 0.0392. The summed E-state index contributed by atoms with van der Waals surface area (Å²) < 4.78 is 5.11. The Balaban J connectivity index is 1.66. The van der Waals surface area contributed by atoms with E-state index in [1.54, 1.807) is 31.3 Å². The van der Waals surface area contributed by atoms with Gasteiger partial charge in [0.2, 0.25) is 5.91 Å². The van der Waals surface area contributed by atoms with Crippen molar-refractivity contribution in [3.63, 3.8) is 0 Å². The molecule has 1 heterocycles. The lowest BCUT2D eigenvalue weighted by Gasteiger charge is -2.06. The van der Waals surface area contributed by atoms with Crippen molar-refractivity contribution >= 4 is 17.7 Å². The molecule has 0 saturated carbocycles. The van der Waals surface area contributed by atoms with E-state index in [-0.39, 0.29) is 5.91 Å². The molecule has 1 aromatic carbocycles. The van der Waals surface area contributed by atoms with Gasteiger partial charge >= 0.3 is 0 Å². The van der Waals surface area contributed by atoms with Gasteiger partial charge in [-0.05, 0) is 29.3 Å². The van der Waals surface area contributed by atoms with Gasteiger partial charge in [-0.3, -0.25) is 9.78 Å². The van der Waals surface area contributed by atoms with E-state index in [2.05, 4.69) is 10.3 Å². The smallest absolute Gasteiger partial charge is 0.230 e. The molecule has 0 aliphatic rings. The molecule has 0 fully saturated rings. The van der Waals surface area contributed by atoms with E-state index in [1.807, 2.05) is 36.4 Å². The number of hydrogen-bond donors (Lipinski definition) is 1. The highest BCUT2D eigenvalue weighted by atomic mass is 32.2. The first kappa shape index (κ1) is 15.4. The fourth-order valence-electron chi connectivity index (χ4n) is 1.74. The van der Waals surface area contributed by atoms with E-state index in [1.165, 1.54) is 5.56 Å². The largest absolute Gasteiger partial charge is 0.497 e. The fraction of sp³-hybridized carbons (Fsp3) is 0.250. The van der Waals surface area contributed by atoms with Gasteiger partial charge in [0.05, 0.1) is 12.9 Å². The Kier molecular flexibility index (Phi) is 6.09. The molecular weight excluding hydrogens is 284 g/mol. The van der Waals surface area contributed by atoms with Crippen LogP contribution < -0.4 is 10.1 Å². The monoisotopic (exact) mass is 302 g/mol. The number of thioether (sulfide) groups is 1. The number of benzene rings is 1. The summed E-state index contributed by atoms with van der Waals surface area (Å²) in [5.74, 6) is 2.15. The van der Waals surface area contributed by atoms with Crippen LogP contribution in [0.25, 0.3) is 0 Å². The van der Waals surface area contributed by atoms with Crippen molar-refractivity contribution in [3.05, 3.63) is 59.9 Å². The Labute approximate surface area is 128 Å². The van der Waals surface area contributed by atoms with Crippen molar-refractivity contribution in [1.82, 2.24) is 10.3 Å². The van der Waals surface area contributed by atoms with Gasteiger partial charge in [0.15, 0.2) is 0 Å². The van der Waals surface area contributed by atoms with Crippen molar-refractivity contribution < 1.29 is 9.53 Å². The molecule has 0 saturated heterocycles. The van der Waals surface area contributed by atoms with E-state index in [0.29, 0.717) is 12.3 Å². The maximum absolute atomic E-state index is 11.7. The number of carbonyl (C=O) groups excluding carboxylic acids is 1. The Hall–Kier alpha value is -2.01. The standard InChI is InChI=1S/C16H18N2O2S/c1-20-15-6-4-13(5-7-15)11-21-12-16(19)18-10-14-3-2-8-17-9-14/h2-9H,10-12H2,1H3,(H,18,19). The molecule has 0 radical (unpaired) electrons. The van der Waals surface area contributed by atoms with Crippen LogP contribution in [0.4, 0.5) is 0 Å². The maximum atomic E-state index is 11.7. The molecule has 1 amide bonds. The highest BCUT2D eigenvalue weighted by Crippen LogP contribution is 2.16. The first-order valence-electron chi connectivity index (χ1n) is 6.64. The summed E-state index contributed by atoms with van der Waals surface area (Å²) in [4.78, 5) is 15.7. The Morgan fingerprint density at radius 2 is 2.05 bits per heavy atom. The average Bonchev–Trinajstić information content (AvgIpc) is 2.54. The SMILES string of the molecule is COc1ccc(CSCC(=O)NCc2cccnc2)cc1. The van der Waals surface area contributed by atoms with Gasteiger partial charge in [0, 0.05) is 24.7 Å². The molecule has 1 aromatic heterocycles. The highest BCUT2D eigenvalue weighted by Gasteiger charge is 2.02. The number of amides is 1. The topological polar surface area (TPSA) is 51.2 Å². The van der Waals surface area contributed by atoms with Crippen molar-refractivity contribution in [3.8, 4) is 5.75 Å². The van der Waals surface area contributed by atoms with Gasteiger partial charge in [0.25, 0.3) is 0 Å². The molecule has 0 unspecified atom stereocenters. The van der Waals surface area contributed by atoms with Crippen LogP contribution in [0.5, 0.6) is 5.75 Å². The number of nitrogens with zero attached hydrogens (tertiary/aromatic N) is 1. The van der Waals surface area contributed by atoms with Crippen molar-refractivity contribution in [2.45, 2.75) is 12.3 Å². The summed E-state index contributed by atoms with van der Waals surface area (Å²) in [6, 6.07) is 11.7. The number of carbonyl (C=O) groups is 1. The van der Waals surface area contributed by atoms with E-state index >= 15 is 0 Å². The lowest BCUT2D eigenvalue weighted by Crippen LogP contribution is -2.24. The molecule has 0 atom stereocenters. The minimum absolute atomic E-state index is 0.0392. The third kappa shape index (κ3) is 5.47. The zero-order valence-corrected chi connectivity index (χ0v) is 12.7. The molecule has 5 heteroatoms. The van der Waals surface area contributed by atoms with Crippen LogP contribution in [-0.4, -0.2) is 23.8 Å². The number of pyridine rings is 1. The third-order valence-electron chi connectivity index (χ3n) is 2.87. The number of ether oxygens (including phenoxy) is 1. The number of hydrogen-bond acceptors (Lipinski definition) is 4. The summed E-state index contributed by atoms with van der Waals surface area (Å²) in [6.45, 7) is 0.524. The van der Waals surface area contributed by atoms with Crippen LogP contribution in [0.15, 0.2) is 48.8 Å². The summed E-state index contributed by atoms with van der Waals surface area (Å²) in [5, 5.41) is 2.88. The van der Waals surface area contributed by atoms with Gasteiger partial charge in [0.1, 0.15) is 5.75 Å². The Bertz CT molecular complexity index is 558. The van der Waals surface area contributed by atoms with Crippen molar-refractivity contribution in [2.24, 2.45) is 0 Å². The second-order valence-electron chi connectivity index (χ2n) is 4.48. The number of rotatable bonds is 7. The van der Waals surface area contributed by atoms with Crippen LogP contribution >= 0.6 is 11.8 Å². The lowest BCUT2D eigenvalue weighted by molar-refractivity contribution is -0.118. The molecule has 2 aromatic rings. The minimum Gasteiger partial charge on any atom is -0.497 e. The van der Waals surface area contributed by atoms with E-state index < -0.39 is 0 Å². The maximum Gasteiger partial charge on any atom is 0.230 e. The van der Waals surface area contributed by atoms with Crippen LogP contribution in [-0.2, 0) is 17.1 Å². The van der Waals surface area contributed by atoms with Gasteiger partial charge in [-0.2, -0.15) is 0 Å². The Morgan fingerprint density at radius 3 is 2.71 bits per heavy atom. The van der Waals surface area contributed by atoms with Crippen LogP contribution in [0.1, 0.15) is 11.1 Å².